The van der Waals surface area contributed by atoms with Crippen LogP contribution in [0.4, 0.5) is 5.69 Å². The minimum Gasteiger partial charge on any atom is -0.478 e. The molecule has 0 radical (unpaired) electrons. The van der Waals surface area contributed by atoms with Crippen molar-refractivity contribution in [2.75, 3.05) is 5.32 Å². The molecule has 0 aliphatic carbocycles. The Balaban J connectivity index is 2.36. The van der Waals surface area contributed by atoms with Crippen LogP contribution in [0, 0.1) is 6.92 Å². The van der Waals surface area contributed by atoms with Crippen molar-refractivity contribution in [2.24, 2.45) is 0 Å². The Hall–Kier alpha value is -2.15. The van der Waals surface area contributed by atoms with Crippen LogP contribution in [0.1, 0.15) is 39.1 Å². The summed E-state index contributed by atoms with van der Waals surface area (Å²) in [6.45, 7) is 3.50. The quantitative estimate of drug-likeness (QED) is 0.880. The highest BCUT2D eigenvalue weighted by molar-refractivity contribution is 9.10. The number of benzene rings is 1. The fraction of sp³-hybridized carbons (Fsp3) is 0.214. The number of carbonyl (C=O) groups is 2. The molecule has 0 atom stereocenters. The summed E-state index contributed by atoms with van der Waals surface area (Å²) in [6, 6.07) is 4.61. The Morgan fingerprint density at radius 1 is 1.43 bits per heavy atom. The van der Waals surface area contributed by atoms with Crippen molar-refractivity contribution < 1.29 is 19.2 Å². The van der Waals surface area contributed by atoms with Gasteiger partial charge in [0.05, 0.1) is 16.9 Å². The molecule has 6 nitrogen and oxygen atoms in total. The third-order valence-electron chi connectivity index (χ3n) is 2.96. The van der Waals surface area contributed by atoms with Crippen LogP contribution >= 0.6 is 15.9 Å². The minimum atomic E-state index is -1.12. The van der Waals surface area contributed by atoms with Crippen LogP contribution in [0.3, 0.4) is 0 Å². The molecule has 7 heteroatoms. The van der Waals surface area contributed by atoms with Crippen LogP contribution in [-0.2, 0) is 6.42 Å². The molecule has 21 heavy (non-hydrogen) atoms. The maximum Gasteiger partial charge on any atom is 0.337 e. The van der Waals surface area contributed by atoms with Gasteiger partial charge in [0.2, 0.25) is 0 Å². The summed E-state index contributed by atoms with van der Waals surface area (Å²) in [5.74, 6) is -1.15. The molecule has 0 spiro atoms. The van der Waals surface area contributed by atoms with E-state index in [0.29, 0.717) is 27.9 Å². The van der Waals surface area contributed by atoms with Gasteiger partial charge in [0.25, 0.3) is 5.91 Å². The zero-order valence-electron chi connectivity index (χ0n) is 11.4. The summed E-state index contributed by atoms with van der Waals surface area (Å²) >= 11 is 3.20. The number of hydrogen-bond acceptors (Lipinski definition) is 4. The van der Waals surface area contributed by atoms with E-state index in [2.05, 4.69) is 26.4 Å². The lowest BCUT2D eigenvalue weighted by atomic mass is 10.1. The predicted molar refractivity (Wildman–Crippen MR) is 79.7 cm³/mol. The molecule has 2 aromatic rings. The average Bonchev–Trinajstić information content (AvgIpc) is 2.81. The van der Waals surface area contributed by atoms with Crippen LogP contribution in [0.15, 0.2) is 27.2 Å². The van der Waals surface area contributed by atoms with Crippen molar-refractivity contribution in [1.29, 1.82) is 0 Å². The van der Waals surface area contributed by atoms with Gasteiger partial charge in [0.15, 0.2) is 0 Å². The standard InChI is InChI=1S/C14H13BrN2O4/c1-3-10-12(7(2)21-17-10)13(18)16-11-5-4-8(15)6-9(11)14(19)20/h4-6H,3H2,1-2H3,(H,16,18)(H,19,20). The first-order valence-electron chi connectivity index (χ1n) is 6.23. The van der Waals surface area contributed by atoms with Crippen molar-refractivity contribution in [3.63, 3.8) is 0 Å². The van der Waals surface area contributed by atoms with E-state index in [-0.39, 0.29) is 11.3 Å². The number of anilines is 1. The highest BCUT2D eigenvalue weighted by Gasteiger charge is 2.21. The fourth-order valence-electron chi connectivity index (χ4n) is 1.94. The predicted octanol–water partition coefficient (Wildman–Crippen LogP) is 3.26. The molecule has 2 rings (SSSR count). The number of carboxylic acid groups (broad SMARTS) is 1. The molecule has 0 aliphatic heterocycles. The average molecular weight is 353 g/mol. The number of amides is 1. The van der Waals surface area contributed by atoms with Gasteiger partial charge in [-0.3, -0.25) is 4.79 Å². The molecule has 1 aromatic carbocycles. The number of aromatic carboxylic acids is 1. The fourth-order valence-corrected chi connectivity index (χ4v) is 2.30. The molecular weight excluding hydrogens is 340 g/mol. The van der Waals surface area contributed by atoms with Crippen LogP contribution in [0.2, 0.25) is 0 Å². The molecule has 0 fully saturated rings. The lowest BCUT2D eigenvalue weighted by molar-refractivity contribution is 0.0698. The third kappa shape index (κ3) is 3.13. The minimum absolute atomic E-state index is 0.00452. The van der Waals surface area contributed by atoms with E-state index in [1.807, 2.05) is 6.92 Å². The Kier molecular flexibility index (Phi) is 4.42. The van der Waals surface area contributed by atoms with E-state index in [9.17, 15) is 14.7 Å². The van der Waals surface area contributed by atoms with E-state index in [1.165, 1.54) is 12.1 Å². The smallest absolute Gasteiger partial charge is 0.337 e. The largest absolute Gasteiger partial charge is 0.478 e. The number of carbonyl (C=O) groups excluding carboxylic acids is 1. The summed E-state index contributed by atoms with van der Waals surface area (Å²) in [5, 5.41) is 15.6. The first-order valence-corrected chi connectivity index (χ1v) is 7.02. The summed E-state index contributed by atoms with van der Waals surface area (Å²) in [5.41, 5.74) is 1.11. The Labute approximate surface area is 129 Å². The van der Waals surface area contributed by atoms with Gasteiger partial charge in [0.1, 0.15) is 11.3 Å². The maximum absolute atomic E-state index is 12.3. The Morgan fingerprint density at radius 3 is 2.76 bits per heavy atom. The van der Waals surface area contributed by atoms with Gasteiger partial charge in [-0.2, -0.15) is 0 Å². The van der Waals surface area contributed by atoms with Crippen LogP contribution in [-0.4, -0.2) is 22.1 Å². The molecule has 2 N–H and O–H groups in total. The number of rotatable bonds is 4. The zero-order chi connectivity index (χ0) is 15.6. The SMILES string of the molecule is CCc1noc(C)c1C(=O)Nc1ccc(Br)cc1C(=O)O. The van der Waals surface area contributed by atoms with Gasteiger partial charge < -0.3 is 14.9 Å². The molecule has 1 aromatic heterocycles. The lowest BCUT2D eigenvalue weighted by Crippen LogP contribution is -2.16. The number of nitrogens with zero attached hydrogens (tertiary/aromatic N) is 1. The highest BCUT2D eigenvalue weighted by Crippen LogP contribution is 2.23. The molecule has 110 valence electrons. The van der Waals surface area contributed by atoms with E-state index in [4.69, 9.17) is 4.52 Å². The topological polar surface area (TPSA) is 92.4 Å². The molecule has 0 unspecified atom stereocenters. The normalized spacial score (nSPS) is 10.4. The Morgan fingerprint density at radius 2 is 2.14 bits per heavy atom. The second kappa shape index (κ2) is 6.09. The Bertz CT molecular complexity index is 709. The number of carboxylic acids is 1. The van der Waals surface area contributed by atoms with Crippen LogP contribution in [0.5, 0.6) is 0 Å². The number of nitrogens with one attached hydrogen (secondary N) is 1. The molecular formula is C14H13BrN2O4. The van der Waals surface area contributed by atoms with Gasteiger partial charge in [0, 0.05) is 4.47 Å². The first kappa shape index (κ1) is 15.2. The number of hydrogen-bond donors (Lipinski definition) is 2. The lowest BCUT2D eigenvalue weighted by Gasteiger charge is -2.09. The number of aromatic nitrogens is 1. The molecule has 0 bridgehead atoms. The van der Waals surface area contributed by atoms with Crippen molar-refractivity contribution >= 4 is 33.5 Å². The van der Waals surface area contributed by atoms with Crippen molar-refractivity contribution in [3.05, 3.63) is 45.3 Å². The van der Waals surface area contributed by atoms with Crippen molar-refractivity contribution in [1.82, 2.24) is 5.16 Å². The maximum atomic E-state index is 12.3. The van der Waals surface area contributed by atoms with Crippen LogP contribution in [0.25, 0.3) is 0 Å². The summed E-state index contributed by atoms with van der Waals surface area (Å²) in [6.07, 6.45) is 0.548. The van der Waals surface area contributed by atoms with E-state index in [0.717, 1.165) is 0 Å². The molecule has 1 heterocycles. The monoisotopic (exact) mass is 352 g/mol. The van der Waals surface area contributed by atoms with Gasteiger partial charge in [-0.1, -0.05) is 28.0 Å². The van der Waals surface area contributed by atoms with Crippen LogP contribution < -0.4 is 5.32 Å². The molecule has 0 aliphatic rings. The summed E-state index contributed by atoms with van der Waals surface area (Å²) in [4.78, 5) is 23.5. The van der Waals surface area contributed by atoms with Crippen molar-refractivity contribution in [2.45, 2.75) is 20.3 Å². The van der Waals surface area contributed by atoms with E-state index in [1.54, 1.807) is 13.0 Å². The van der Waals surface area contributed by atoms with E-state index >= 15 is 0 Å². The third-order valence-corrected chi connectivity index (χ3v) is 3.45. The number of aryl methyl sites for hydroxylation is 2. The van der Waals surface area contributed by atoms with Gasteiger partial charge in [-0.05, 0) is 31.5 Å². The second-order valence-corrected chi connectivity index (χ2v) is 5.28. The number of halogens is 1. The second-order valence-electron chi connectivity index (χ2n) is 4.36. The van der Waals surface area contributed by atoms with Gasteiger partial charge in [-0.15, -0.1) is 0 Å². The molecule has 1 amide bonds. The van der Waals surface area contributed by atoms with E-state index < -0.39 is 11.9 Å². The summed E-state index contributed by atoms with van der Waals surface area (Å²) in [7, 11) is 0. The molecule has 0 saturated carbocycles. The van der Waals surface area contributed by atoms with Gasteiger partial charge >= 0.3 is 5.97 Å². The van der Waals surface area contributed by atoms with Crippen molar-refractivity contribution in [3.8, 4) is 0 Å². The molecule has 0 saturated heterocycles. The van der Waals surface area contributed by atoms with Gasteiger partial charge in [-0.25, -0.2) is 4.79 Å². The summed E-state index contributed by atoms with van der Waals surface area (Å²) < 4.78 is 5.63. The zero-order valence-corrected chi connectivity index (χ0v) is 13.0. The highest BCUT2D eigenvalue weighted by atomic mass is 79.9. The first-order chi connectivity index (χ1) is 9.93.